The van der Waals surface area contributed by atoms with Crippen LogP contribution in [0, 0.1) is 5.41 Å². The number of ether oxygens (including phenoxy) is 1. The van der Waals surface area contributed by atoms with Crippen LogP contribution in [-0.2, 0) is 14.3 Å². The minimum absolute atomic E-state index is 0.0107. The Bertz CT molecular complexity index is 1010. The number of carbonyl (C=O) groups is 3. The van der Waals surface area contributed by atoms with E-state index in [0.29, 0.717) is 25.8 Å². The van der Waals surface area contributed by atoms with Gasteiger partial charge in [-0.05, 0) is 46.9 Å². The van der Waals surface area contributed by atoms with E-state index in [9.17, 15) is 19.5 Å². The molecule has 0 aliphatic heterocycles. The molecule has 7 nitrogen and oxygen atoms in total. The Hall–Kier alpha value is -3.35. The standard InChI is InChI=1S/C28H36N2O5/c1-28(2,3)17-24(26(32)33)30(4)25(31)15-9-10-16-29-27(34)35-18-23-21-13-7-5-11-19(21)20-12-6-8-14-22(20)23/h5-8,11-14,23-24H,9-10,15-18H2,1-4H3,(H,29,34)(H,32,33). The molecule has 1 aliphatic rings. The number of aliphatic carboxylic acids is 1. The Balaban J connectivity index is 1.40. The number of likely N-dealkylation sites (N-methyl/N-ethyl adjacent to an activating group) is 1. The summed E-state index contributed by atoms with van der Waals surface area (Å²) < 4.78 is 5.52. The average molecular weight is 481 g/mol. The molecule has 0 aromatic heterocycles. The van der Waals surface area contributed by atoms with Crippen LogP contribution in [0.25, 0.3) is 11.1 Å². The van der Waals surface area contributed by atoms with Crippen molar-refractivity contribution in [3.63, 3.8) is 0 Å². The number of nitrogens with zero attached hydrogens (tertiary/aromatic N) is 1. The molecule has 1 aliphatic carbocycles. The van der Waals surface area contributed by atoms with Crippen molar-refractivity contribution >= 4 is 18.0 Å². The lowest BCUT2D eigenvalue weighted by Gasteiger charge is -2.30. The van der Waals surface area contributed by atoms with E-state index in [1.54, 1.807) is 7.05 Å². The minimum atomic E-state index is -0.993. The third-order valence-corrected chi connectivity index (χ3v) is 6.38. The lowest BCUT2D eigenvalue weighted by Crippen LogP contribution is -2.44. The Morgan fingerprint density at radius 1 is 1.00 bits per heavy atom. The number of fused-ring (bicyclic) bond motifs is 3. The Kier molecular flexibility index (Phi) is 8.54. The van der Waals surface area contributed by atoms with Crippen molar-refractivity contribution in [1.29, 1.82) is 0 Å². The van der Waals surface area contributed by atoms with Gasteiger partial charge < -0.3 is 20.1 Å². The Morgan fingerprint density at radius 2 is 1.57 bits per heavy atom. The molecule has 1 atom stereocenters. The molecule has 35 heavy (non-hydrogen) atoms. The zero-order chi connectivity index (χ0) is 25.6. The van der Waals surface area contributed by atoms with Crippen LogP contribution >= 0.6 is 0 Å². The molecule has 2 amide bonds. The first-order valence-corrected chi connectivity index (χ1v) is 12.2. The summed E-state index contributed by atoms with van der Waals surface area (Å²) in [7, 11) is 1.54. The maximum Gasteiger partial charge on any atom is 0.407 e. The molecule has 0 heterocycles. The largest absolute Gasteiger partial charge is 0.480 e. The van der Waals surface area contributed by atoms with E-state index in [0.717, 1.165) is 11.1 Å². The van der Waals surface area contributed by atoms with Gasteiger partial charge in [0, 0.05) is 25.9 Å². The molecule has 2 aromatic carbocycles. The maximum atomic E-state index is 12.5. The van der Waals surface area contributed by atoms with Gasteiger partial charge in [0.15, 0.2) is 0 Å². The van der Waals surface area contributed by atoms with Crippen molar-refractivity contribution < 1.29 is 24.2 Å². The van der Waals surface area contributed by atoms with Gasteiger partial charge in [0.2, 0.25) is 5.91 Å². The van der Waals surface area contributed by atoms with Crippen LogP contribution in [-0.4, -0.2) is 54.2 Å². The number of unbranched alkanes of at least 4 members (excludes halogenated alkanes) is 1. The first-order chi connectivity index (χ1) is 16.6. The lowest BCUT2D eigenvalue weighted by atomic mass is 9.87. The number of alkyl carbamates (subject to hydrolysis) is 1. The van der Waals surface area contributed by atoms with E-state index < -0.39 is 18.1 Å². The fraction of sp³-hybridized carbons (Fsp3) is 0.464. The summed E-state index contributed by atoms with van der Waals surface area (Å²) in [4.78, 5) is 37.7. The minimum Gasteiger partial charge on any atom is -0.480 e. The van der Waals surface area contributed by atoms with Gasteiger partial charge in [0.05, 0.1) is 0 Å². The second kappa shape index (κ2) is 11.4. The summed E-state index contributed by atoms with van der Waals surface area (Å²) in [5, 5.41) is 12.3. The molecule has 0 fully saturated rings. The first-order valence-electron chi connectivity index (χ1n) is 12.2. The van der Waals surface area contributed by atoms with Crippen LogP contribution in [0.4, 0.5) is 4.79 Å². The van der Waals surface area contributed by atoms with Crippen LogP contribution in [0.3, 0.4) is 0 Å². The van der Waals surface area contributed by atoms with Gasteiger partial charge in [0.1, 0.15) is 12.6 Å². The van der Waals surface area contributed by atoms with Gasteiger partial charge in [0.25, 0.3) is 0 Å². The van der Waals surface area contributed by atoms with Crippen molar-refractivity contribution in [2.24, 2.45) is 5.41 Å². The molecule has 0 spiro atoms. The predicted octanol–water partition coefficient (Wildman–Crippen LogP) is 5.04. The van der Waals surface area contributed by atoms with Gasteiger partial charge in [-0.3, -0.25) is 4.79 Å². The topological polar surface area (TPSA) is 95.9 Å². The first kappa shape index (κ1) is 26.3. The second-order valence-corrected chi connectivity index (χ2v) is 10.3. The van der Waals surface area contributed by atoms with Gasteiger partial charge >= 0.3 is 12.1 Å². The summed E-state index contributed by atoms with van der Waals surface area (Å²) in [6.45, 7) is 6.51. The molecule has 2 aromatic rings. The highest BCUT2D eigenvalue weighted by Crippen LogP contribution is 2.44. The van der Waals surface area contributed by atoms with E-state index in [4.69, 9.17) is 4.74 Å². The van der Waals surface area contributed by atoms with Crippen LogP contribution in [0.5, 0.6) is 0 Å². The summed E-state index contributed by atoms with van der Waals surface area (Å²) >= 11 is 0. The highest BCUT2D eigenvalue weighted by atomic mass is 16.5. The summed E-state index contributed by atoms with van der Waals surface area (Å²) in [5.41, 5.74) is 4.48. The number of benzene rings is 2. The number of hydrogen-bond donors (Lipinski definition) is 2. The third-order valence-electron chi connectivity index (χ3n) is 6.38. The molecular weight excluding hydrogens is 444 g/mol. The number of hydrogen-bond acceptors (Lipinski definition) is 4. The quantitative estimate of drug-likeness (QED) is 0.464. The van der Waals surface area contributed by atoms with Crippen LogP contribution in [0.2, 0.25) is 0 Å². The van der Waals surface area contributed by atoms with Crippen molar-refractivity contribution in [3.05, 3.63) is 59.7 Å². The van der Waals surface area contributed by atoms with Crippen LogP contribution in [0.15, 0.2) is 48.5 Å². The fourth-order valence-corrected chi connectivity index (χ4v) is 4.56. The van der Waals surface area contributed by atoms with Crippen molar-refractivity contribution in [2.75, 3.05) is 20.2 Å². The predicted molar refractivity (Wildman–Crippen MR) is 135 cm³/mol. The fourth-order valence-electron chi connectivity index (χ4n) is 4.56. The van der Waals surface area contributed by atoms with Crippen molar-refractivity contribution in [1.82, 2.24) is 10.2 Å². The van der Waals surface area contributed by atoms with Gasteiger partial charge in [-0.25, -0.2) is 9.59 Å². The Labute approximate surface area is 207 Å². The Morgan fingerprint density at radius 3 is 2.11 bits per heavy atom. The van der Waals surface area contributed by atoms with E-state index >= 15 is 0 Å². The summed E-state index contributed by atoms with van der Waals surface area (Å²) in [6.07, 6.45) is 1.28. The SMILES string of the molecule is CN(C(=O)CCCCNC(=O)OCC1c2ccccc2-c2ccccc21)C(CC(C)(C)C)C(=O)O. The average Bonchev–Trinajstić information content (AvgIpc) is 3.13. The number of nitrogens with one attached hydrogen (secondary N) is 1. The third kappa shape index (κ3) is 6.84. The molecule has 1 unspecified atom stereocenters. The number of carbonyl (C=O) groups excluding carboxylic acids is 2. The zero-order valence-corrected chi connectivity index (χ0v) is 21.0. The van der Waals surface area contributed by atoms with Gasteiger partial charge in [-0.2, -0.15) is 0 Å². The van der Waals surface area contributed by atoms with Crippen LogP contribution in [0.1, 0.15) is 63.5 Å². The number of rotatable bonds is 10. The molecule has 2 N–H and O–H groups in total. The van der Waals surface area contributed by atoms with E-state index in [-0.39, 0.29) is 30.3 Å². The second-order valence-electron chi connectivity index (χ2n) is 10.3. The molecule has 7 heteroatoms. The molecule has 188 valence electrons. The summed E-state index contributed by atoms with van der Waals surface area (Å²) in [6, 6.07) is 15.5. The van der Waals surface area contributed by atoms with E-state index in [2.05, 4.69) is 29.6 Å². The molecule has 3 rings (SSSR count). The number of carboxylic acids is 1. The molecule has 0 saturated heterocycles. The molecular formula is C28H36N2O5. The zero-order valence-electron chi connectivity index (χ0n) is 21.0. The highest BCUT2D eigenvalue weighted by molar-refractivity contribution is 5.83. The molecule has 0 saturated carbocycles. The monoisotopic (exact) mass is 480 g/mol. The maximum absolute atomic E-state index is 12.5. The normalized spacial score (nSPS) is 13.5. The van der Waals surface area contributed by atoms with E-state index in [1.165, 1.54) is 16.0 Å². The number of amides is 2. The van der Waals surface area contributed by atoms with Gasteiger partial charge in [-0.15, -0.1) is 0 Å². The van der Waals surface area contributed by atoms with Crippen molar-refractivity contribution in [2.45, 2.75) is 58.4 Å². The van der Waals surface area contributed by atoms with E-state index in [1.807, 2.05) is 45.0 Å². The lowest BCUT2D eigenvalue weighted by molar-refractivity contribution is -0.150. The van der Waals surface area contributed by atoms with Crippen LogP contribution < -0.4 is 5.32 Å². The molecule has 0 bridgehead atoms. The van der Waals surface area contributed by atoms with Crippen molar-refractivity contribution in [3.8, 4) is 11.1 Å². The number of carboxylic acid groups (broad SMARTS) is 1. The molecule has 0 radical (unpaired) electrons. The summed E-state index contributed by atoms with van der Waals surface area (Å²) in [5.74, 6) is -1.19. The smallest absolute Gasteiger partial charge is 0.407 e. The van der Waals surface area contributed by atoms with Gasteiger partial charge in [-0.1, -0.05) is 69.3 Å². The highest BCUT2D eigenvalue weighted by Gasteiger charge is 2.31.